The fourth-order valence-electron chi connectivity index (χ4n) is 1.93. The summed E-state index contributed by atoms with van der Waals surface area (Å²) in [5.41, 5.74) is 8.95. The lowest BCUT2D eigenvalue weighted by atomic mass is 10.1. The van der Waals surface area contributed by atoms with E-state index in [0.717, 1.165) is 5.56 Å². The summed E-state index contributed by atoms with van der Waals surface area (Å²) in [5.74, 6) is 1.12. The van der Waals surface area contributed by atoms with Gasteiger partial charge in [0.2, 0.25) is 5.71 Å². The van der Waals surface area contributed by atoms with Gasteiger partial charge in [0.05, 0.1) is 12.3 Å². The molecule has 0 bridgehead atoms. The van der Waals surface area contributed by atoms with Gasteiger partial charge in [0.1, 0.15) is 29.9 Å². The minimum Gasteiger partial charge on any atom is -0.492 e. The van der Waals surface area contributed by atoms with Crippen molar-refractivity contribution in [2.45, 2.75) is 13.5 Å². The number of aliphatic hydroxyl groups excluding tert-OH is 1. The molecule has 1 heterocycles. The quantitative estimate of drug-likeness (QED) is 0.348. The van der Waals surface area contributed by atoms with Gasteiger partial charge in [0.15, 0.2) is 5.84 Å². The number of rotatable bonds is 7. The highest BCUT2D eigenvalue weighted by Crippen LogP contribution is 2.32. The van der Waals surface area contributed by atoms with Crippen LogP contribution >= 0.6 is 0 Å². The van der Waals surface area contributed by atoms with Crippen LogP contribution < -0.4 is 15.9 Å². The average molecular weight is 327 g/mol. The summed E-state index contributed by atoms with van der Waals surface area (Å²) in [4.78, 5) is 0. The smallest absolute Gasteiger partial charge is 0.201 e. The van der Waals surface area contributed by atoms with Gasteiger partial charge in [0, 0.05) is 5.56 Å². The number of ether oxygens (including phenoxy) is 1. The van der Waals surface area contributed by atoms with Gasteiger partial charge in [-0.15, -0.1) is 0 Å². The lowest BCUT2D eigenvalue weighted by molar-refractivity contribution is 0.248. The molecule has 0 saturated heterocycles. The maximum Gasteiger partial charge on any atom is 0.201 e. The van der Waals surface area contributed by atoms with E-state index in [9.17, 15) is 0 Å². The highest BCUT2D eigenvalue weighted by atomic mass is 16.5. The van der Waals surface area contributed by atoms with Crippen LogP contribution in [0, 0.1) is 16.7 Å². The number of hydrogen-bond acceptors (Lipinski definition) is 7. The predicted octanol–water partition coefficient (Wildman–Crippen LogP) is 2.07. The maximum atomic E-state index is 9.08. The number of aliphatic hydroxyl groups is 1. The molecule has 1 aromatic carbocycles. The molecule has 0 atom stereocenters. The van der Waals surface area contributed by atoms with E-state index in [2.05, 4.69) is 10.5 Å². The van der Waals surface area contributed by atoms with Crippen LogP contribution in [0.15, 0.2) is 39.9 Å². The van der Waals surface area contributed by atoms with Crippen molar-refractivity contribution < 1.29 is 14.3 Å². The number of hydrazone groups is 1. The third-order valence-electron chi connectivity index (χ3n) is 3.03. The minimum absolute atomic E-state index is 0.184. The molecule has 24 heavy (non-hydrogen) atoms. The Morgan fingerprint density at radius 1 is 1.46 bits per heavy atom. The third kappa shape index (κ3) is 3.91. The Kier molecular flexibility index (Phi) is 5.54. The zero-order chi connectivity index (χ0) is 17.5. The normalized spacial score (nSPS) is 11.0. The van der Waals surface area contributed by atoms with E-state index in [0.29, 0.717) is 29.6 Å². The molecule has 124 valence electrons. The molecular formula is C16H17N5O3. The number of benzene rings is 1. The summed E-state index contributed by atoms with van der Waals surface area (Å²) >= 11 is 0. The standard InChI is InChI=1S/C16H17N5O3/c1-2-23-15-5-3-10(14-6-4-11(9-22)24-14)7-12(15)20-21-13(8-17)16(18)19/h3-7,20,22H,2,9H2,1H3,(H3,18,19)/b21-13+. The molecule has 8 heteroatoms. The number of hydrogen-bond donors (Lipinski definition) is 4. The van der Waals surface area contributed by atoms with Gasteiger partial charge in [-0.2, -0.15) is 10.4 Å². The highest BCUT2D eigenvalue weighted by Gasteiger charge is 2.10. The van der Waals surface area contributed by atoms with Crippen molar-refractivity contribution in [2.75, 3.05) is 12.0 Å². The monoisotopic (exact) mass is 327 g/mol. The second-order valence-electron chi connectivity index (χ2n) is 4.67. The van der Waals surface area contributed by atoms with Gasteiger partial charge in [-0.05, 0) is 37.3 Å². The Hall–Kier alpha value is -3.31. The fourth-order valence-corrected chi connectivity index (χ4v) is 1.93. The Balaban J connectivity index is 2.37. The van der Waals surface area contributed by atoms with Gasteiger partial charge in [-0.25, -0.2) is 0 Å². The lowest BCUT2D eigenvalue weighted by Crippen LogP contribution is -2.21. The van der Waals surface area contributed by atoms with E-state index in [1.54, 1.807) is 36.4 Å². The Labute approximate surface area is 138 Å². The van der Waals surface area contributed by atoms with Gasteiger partial charge >= 0.3 is 0 Å². The van der Waals surface area contributed by atoms with Crippen LogP contribution in [0.3, 0.4) is 0 Å². The molecule has 1 aromatic heterocycles. The van der Waals surface area contributed by atoms with Crippen LogP contribution in [0.25, 0.3) is 11.3 Å². The van der Waals surface area contributed by atoms with Crippen LogP contribution in [0.1, 0.15) is 12.7 Å². The van der Waals surface area contributed by atoms with Gasteiger partial charge in [0.25, 0.3) is 0 Å². The molecule has 2 rings (SSSR count). The second-order valence-corrected chi connectivity index (χ2v) is 4.67. The topological polar surface area (TPSA) is 141 Å². The van der Waals surface area contributed by atoms with Gasteiger partial charge < -0.3 is 20.0 Å². The van der Waals surface area contributed by atoms with E-state index in [4.69, 9.17) is 30.7 Å². The number of nitrogens with two attached hydrogens (primary N) is 1. The van der Waals surface area contributed by atoms with Crippen LogP contribution in [-0.2, 0) is 6.61 Å². The third-order valence-corrected chi connectivity index (χ3v) is 3.03. The van der Waals surface area contributed by atoms with Crippen LogP contribution in [0.2, 0.25) is 0 Å². The largest absolute Gasteiger partial charge is 0.492 e. The molecule has 5 N–H and O–H groups in total. The molecule has 8 nitrogen and oxygen atoms in total. The highest BCUT2D eigenvalue weighted by molar-refractivity contribution is 6.45. The molecule has 0 aliphatic carbocycles. The Morgan fingerprint density at radius 2 is 2.25 bits per heavy atom. The van der Waals surface area contributed by atoms with Crippen molar-refractivity contribution in [2.24, 2.45) is 10.8 Å². The number of nitrogens with one attached hydrogen (secondary N) is 2. The van der Waals surface area contributed by atoms with Crippen molar-refractivity contribution in [3.05, 3.63) is 36.1 Å². The number of nitrogens with zero attached hydrogens (tertiary/aromatic N) is 2. The summed E-state index contributed by atoms with van der Waals surface area (Å²) in [6, 6.07) is 10.4. The molecule has 0 unspecified atom stereocenters. The van der Waals surface area contributed by atoms with Crippen molar-refractivity contribution in [1.82, 2.24) is 0 Å². The summed E-state index contributed by atoms with van der Waals surface area (Å²) in [5, 5.41) is 29.1. The zero-order valence-corrected chi connectivity index (χ0v) is 13.0. The van der Waals surface area contributed by atoms with Crippen molar-refractivity contribution >= 4 is 17.2 Å². The average Bonchev–Trinajstić information content (AvgIpc) is 3.05. The molecule has 0 aliphatic heterocycles. The molecule has 0 spiro atoms. The number of furan rings is 1. The fraction of sp³-hybridized carbons (Fsp3) is 0.188. The van der Waals surface area contributed by atoms with E-state index < -0.39 is 5.84 Å². The lowest BCUT2D eigenvalue weighted by Gasteiger charge is -2.11. The Bertz CT molecular complexity index is 804. The maximum absolute atomic E-state index is 9.08. The predicted molar refractivity (Wildman–Crippen MR) is 89.8 cm³/mol. The number of anilines is 1. The SMILES string of the molecule is CCOc1ccc(-c2ccc(CO)o2)cc1N/N=C(\C#N)C(=N)N. The van der Waals surface area contributed by atoms with Crippen molar-refractivity contribution in [3.8, 4) is 23.1 Å². The molecule has 0 amide bonds. The molecule has 0 radical (unpaired) electrons. The summed E-state index contributed by atoms with van der Waals surface area (Å²) < 4.78 is 11.0. The van der Waals surface area contributed by atoms with E-state index >= 15 is 0 Å². The van der Waals surface area contributed by atoms with E-state index in [1.165, 1.54) is 0 Å². The molecule has 0 fully saturated rings. The first-order chi connectivity index (χ1) is 11.6. The number of amidine groups is 1. The molecular weight excluding hydrogens is 310 g/mol. The molecule has 0 aliphatic rings. The first-order valence-electron chi connectivity index (χ1n) is 7.14. The van der Waals surface area contributed by atoms with Crippen LogP contribution in [0.4, 0.5) is 5.69 Å². The second kappa shape index (κ2) is 7.80. The van der Waals surface area contributed by atoms with Crippen molar-refractivity contribution in [3.63, 3.8) is 0 Å². The van der Waals surface area contributed by atoms with E-state index in [-0.39, 0.29) is 12.3 Å². The summed E-state index contributed by atoms with van der Waals surface area (Å²) in [6.07, 6.45) is 0. The zero-order valence-electron chi connectivity index (χ0n) is 13.0. The van der Waals surface area contributed by atoms with Crippen LogP contribution in [-0.4, -0.2) is 23.3 Å². The summed E-state index contributed by atoms with van der Waals surface area (Å²) in [7, 11) is 0. The van der Waals surface area contributed by atoms with Gasteiger partial charge in [-0.1, -0.05) is 0 Å². The Morgan fingerprint density at radius 3 is 2.83 bits per heavy atom. The first kappa shape index (κ1) is 17.1. The van der Waals surface area contributed by atoms with Crippen LogP contribution in [0.5, 0.6) is 5.75 Å². The molecule has 0 saturated carbocycles. The summed E-state index contributed by atoms with van der Waals surface area (Å²) in [6.45, 7) is 2.11. The number of nitriles is 1. The van der Waals surface area contributed by atoms with Crippen molar-refractivity contribution in [1.29, 1.82) is 10.7 Å². The van der Waals surface area contributed by atoms with Gasteiger partial charge in [-0.3, -0.25) is 10.8 Å². The first-order valence-corrected chi connectivity index (χ1v) is 7.14. The van der Waals surface area contributed by atoms with E-state index in [1.807, 2.05) is 6.92 Å². The minimum atomic E-state index is -0.433. The molecule has 2 aromatic rings.